The zero-order valence-corrected chi connectivity index (χ0v) is 9.96. The van der Waals surface area contributed by atoms with Crippen LogP contribution in [-0.4, -0.2) is 17.3 Å². The lowest BCUT2D eigenvalue weighted by Crippen LogP contribution is -2.47. The molecule has 0 saturated heterocycles. The molecule has 1 amide bonds. The predicted octanol–water partition coefficient (Wildman–Crippen LogP) is 2.97. The molecule has 86 valence electrons. The molecule has 1 saturated carbocycles. The number of benzene rings is 1. The normalized spacial score (nSPS) is 18.3. The summed E-state index contributed by atoms with van der Waals surface area (Å²) in [7, 11) is 0. The Morgan fingerprint density at radius 3 is 2.44 bits per heavy atom. The summed E-state index contributed by atoms with van der Waals surface area (Å²) in [6, 6.07) is 9.30. The van der Waals surface area contributed by atoms with Crippen molar-refractivity contribution in [2.45, 2.75) is 31.2 Å². The van der Waals surface area contributed by atoms with Crippen LogP contribution in [0.25, 0.3) is 0 Å². The van der Waals surface area contributed by atoms with Gasteiger partial charge in [-0.2, -0.15) is 0 Å². The van der Waals surface area contributed by atoms with Gasteiger partial charge in [0.2, 0.25) is 0 Å². The predicted molar refractivity (Wildman–Crippen MR) is 65.8 cm³/mol. The Hall–Kier alpha value is -1.02. The van der Waals surface area contributed by atoms with E-state index in [1.54, 1.807) is 0 Å². The second-order valence-corrected chi connectivity index (χ2v) is 4.71. The zero-order valence-electron chi connectivity index (χ0n) is 9.21. The van der Waals surface area contributed by atoms with Crippen LogP contribution in [0.4, 0.5) is 0 Å². The van der Waals surface area contributed by atoms with Gasteiger partial charge in [-0.3, -0.25) is 4.79 Å². The minimum absolute atomic E-state index is 0.0110. The highest BCUT2D eigenvalue weighted by Gasteiger charge is 2.34. The van der Waals surface area contributed by atoms with Gasteiger partial charge in [-0.25, -0.2) is 0 Å². The molecule has 0 spiro atoms. The number of nitrogens with one attached hydrogen (secondary N) is 1. The van der Waals surface area contributed by atoms with Gasteiger partial charge in [-0.15, -0.1) is 11.6 Å². The Morgan fingerprint density at radius 2 is 1.88 bits per heavy atom. The largest absolute Gasteiger partial charge is 0.345 e. The van der Waals surface area contributed by atoms with E-state index in [1.165, 1.54) is 0 Å². The molecule has 0 radical (unpaired) electrons. The molecule has 0 heterocycles. The number of hydrogen-bond acceptors (Lipinski definition) is 1. The van der Waals surface area contributed by atoms with Gasteiger partial charge >= 0.3 is 0 Å². The number of halogens is 1. The Bertz CT molecular complexity index is 357. The number of carbonyl (C=O) groups excluding carboxylic acids is 1. The molecule has 0 unspecified atom stereocenters. The van der Waals surface area contributed by atoms with Crippen LogP contribution < -0.4 is 5.32 Å². The summed E-state index contributed by atoms with van der Waals surface area (Å²) in [5, 5.41) is 3.09. The second-order valence-electron chi connectivity index (χ2n) is 4.44. The molecule has 2 nitrogen and oxygen atoms in total. The number of amides is 1. The lowest BCUT2D eigenvalue weighted by atomic mass is 9.99. The molecule has 3 heteroatoms. The van der Waals surface area contributed by atoms with Gasteiger partial charge in [0.1, 0.15) is 0 Å². The fourth-order valence-electron chi connectivity index (χ4n) is 2.25. The maximum atomic E-state index is 12.0. The molecule has 0 aliphatic heterocycles. The average molecular weight is 238 g/mol. The van der Waals surface area contributed by atoms with E-state index in [0.29, 0.717) is 11.4 Å². The standard InChI is InChI=1S/C13H16ClNO/c14-10-13(8-4-5-9-13)15-12(16)11-6-2-1-3-7-11/h1-3,6-7H,4-5,8-10H2,(H,15,16). The maximum absolute atomic E-state index is 12.0. The van der Waals surface area contributed by atoms with Crippen molar-refractivity contribution < 1.29 is 4.79 Å². The number of carbonyl (C=O) groups is 1. The van der Waals surface area contributed by atoms with Crippen molar-refractivity contribution in [1.82, 2.24) is 5.32 Å². The Kier molecular flexibility index (Phi) is 3.49. The van der Waals surface area contributed by atoms with Gasteiger partial charge in [-0.1, -0.05) is 31.0 Å². The van der Waals surface area contributed by atoms with Crippen LogP contribution in [0.3, 0.4) is 0 Å². The van der Waals surface area contributed by atoms with Crippen molar-refractivity contribution >= 4 is 17.5 Å². The molecule has 1 fully saturated rings. The molecule has 1 aliphatic carbocycles. The molecular formula is C13H16ClNO. The van der Waals surface area contributed by atoms with Crippen LogP contribution in [0.5, 0.6) is 0 Å². The van der Waals surface area contributed by atoms with Crippen molar-refractivity contribution in [3.05, 3.63) is 35.9 Å². The molecule has 0 atom stereocenters. The van der Waals surface area contributed by atoms with Crippen LogP contribution in [0.1, 0.15) is 36.0 Å². The van der Waals surface area contributed by atoms with E-state index in [-0.39, 0.29) is 11.4 Å². The molecule has 1 aromatic carbocycles. The van der Waals surface area contributed by atoms with Gasteiger partial charge < -0.3 is 5.32 Å². The van der Waals surface area contributed by atoms with Crippen molar-refractivity contribution in [1.29, 1.82) is 0 Å². The lowest BCUT2D eigenvalue weighted by molar-refractivity contribution is 0.0909. The van der Waals surface area contributed by atoms with Crippen molar-refractivity contribution in [2.75, 3.05) is 5.88 Å². The molecule has 2 rings (SSSR count). The molecule has 16 heavy (non-hydrogen) atoms. The first-order chi connectivity index (χ1) is 7.76. The molecule has 1 N–H and O–H groups in total. The summed E-state index contributed by atoms with van der Waals surface area (Å²) in [5.41, 5.74) is 0.535. The first-order valence-electron chi connectivity index (χ1n) is 5.69. The summed E-state index contributed by atoms with van der Waals surface area (Å²) >= 11 is 5.98. The van der Waals surface area contributed by atoms with Crippen LogP contribution in [0, 0.1) is 0 Å². The molecule has 1 aliphatic rings. The third kappa shape index (κ3) is 2.38. The van der Waals surface area contributed by atoms with E-state index in [4.69, 9.17) is 11.6 Å². The summed E-state index contributed by atoms with van der Waals surface area (Å²) < 4.78 is 0. The fourth-order valence-corrected chi connectivity index (χ4v) is 2.58. The number of alkyl halides is 1. The Balaban J connectivity index is 2.07. The summed E-state index contributed by atoms with van der Waals surface area (Å²) in [6.07, 6.45) is 4.30. The number of hydrogen-bond donors (Lipinski definition) is 1. The molecule has 0 aromatic heterocycles. The van der Waals surface area contributed by atoms with Crippen molar-refractivity contribution in [3.8, 4) is 0 Å². The van der Waals surface area contributed by atoms with E-state index in [9.17, 15) is 4.79 Å². The third-order valence-electron chi connectivity index (χ3n) is 3.23. The fraction of sp³-hybridized carbons (Fsp3) is 0.462. The van der Waals surface area contributed by atoms with Gasteiger partial charge in [0.15, 0.2) is 0 Å². The van der Waals surface area contributed by atoms with E-state index in [1.807, 2.05) is 30.3 Å². The quantitative estimate of drug-likeness (QED) is 0.805. The molecule has 1 aromatic rings. The van der Waals surface area contributed by atoms with Gasteiger partial charge in [0.25, 0.3) is 5.91 Å². The van der Waals surface area contributed by atoms with Crippen molar-refractivity contribution in [2.24, 2.45) is 0 Å². The summed E-state index contributed by atoms with van der Waals surface area (Å²) in [6.45, 7) is 0. The lowest BCUT2D eigenvalue weighted by Gasteiger charge is -2.27. The monoisotopic (exact) mass is 237 g/mol. The summed E-state index contributed by atoms with van der Waals surface area (Å²) in [4.78, 5) is 12.0. The minimum Gasteiger partial charge on any atom is -0.345 e. The van der Waals surface area contributed by atoms with Crippen LogP contribution >= 0.6 is 11.6 Å². The van der Waals surface area contributed by atoms with Crippen LogP contribution in [0.15, 0.2) is 30.3 Å². The zero-order chi connectivity index (χ0) is 11.4. The van der Waals surface area contributed by atoms with E-state index in [0.717, 1.165) is 25.7 Å². The highest BCUT2D eigenvalue weighted by molar-refractivity contribution is 6.19. The highest BCUT2D eigenvalue weighted by atomic mass is 35.5. The van der Waals surface area contributed by atoms with Crippen molar-refractivity contribution in [3.63, 3.8) is 0 Å². The first-order valence-corrected chi connectivity index (χ1v) is 6.23. The van der Waals surface area contributed by atoms with Crippen LogP contribution in [0.2, 0.25) is 0 Å². The SMILES string of the molecule is O=C(NC1(CCl)CCCC1)c1ccccc1. The topological polar surface area (TPSA) is 29.1 Å². The molecule has 0 bridgehead atoms. The second kappa shape index (κ2) is 4.88. The number of rotatable bonds is 3. The van der Waals surface area contributed by atoms with Gasteiger partial charge in [0, 0.05) is 11.4 Å². The smallest absolute Gasteiger partial charge is 0.251 e. The van der Waals surface area contributed by atoms with Crippen LogP contribution in [-0.2, 0) is 0 Å². The van der Waals surface area contributed by atoms with E-state index >= 15 is 0 Å². The minimum atomic E-state index is -0.172. The highest BCUT2D eigenvalue weighted by Crippen LogP contribution is 2.30. The van der Waals surface area contributed by atoms with Gasteiger partial charge in [0.05, 0.1) is 5.54 Å². The Labute approximate surface area is 101 Å². The van der Waals surface area contributed by atoms with E-state index < -0.39 is 0 Å². The molecular weight excluding hydrogens is 222 g/mol. The first kappa shape index (κ1) is 11.5. The Morgan fingerprint density at radius 1 is 1.25 bits per heavy atom. The van der Waals surface area contributed by atoms with E-state index in [2.05, 4.69) is 5.32 Å². The van der Waals surface area contributed by atoms with Gasteiger partial charge in [-0.05, 0) is 25.0 Å². The summed E-state index contributed by atoms with van der Waals surface area (Å²) in [5.74, 6) is 0.495. The average Bonchev–Trinajstić information content (AvgIpc) is 2.79. The third-order valence-corrected chi connectivity index (χ3v) is 3.74. The maximum Gasteiger partial charge on any atom is 0.251 e.